The summed E-state index contributed by atoms with van der Waals surface area (Å²) < 4.78 is 0. The van der Waals surface area contributed by atoms with Gasteiger partial charge in [0.25, 0.3) is 0 Å². The zero-order valence-electron chi connectivity index (χ0n) is 11.7. The van der Waals surface area contributed by atoms with Crippen LogP contribution in [-0.4, -0.2) is 23.9 Å². The minimum Gasteiger partial charge on any atom is -0.343 e. The van der Waals surface area contributed by atoms with E-state index in [-0.39, 0.29) is 0 Å². The van der Waals surface area contributed by atoms with E-state index in [1.165, 1.54) is 5.56 Å². The third-order valence-electron chi connectivity index (χ3n) is 3.77. The number of halogens is 1. The minimum absolute atomic E-state index is 0.310. The van der Waals surface area contributed by atoms with Crippen molar-refractivity contribution in [1.82, 2.24) is 4.90 Å². The Hall–Kier alpha value is -1.02. The lowest BCUT2D eigenvalue weighted by atomic mass is 9.89. The van der Waals surface area contributed by atoms with E-state index < -0.39 is 0 Å². The third-order valence-corrected chi connectivity index (χ3v) is 4.02. The lowest BCUT2D eigenvalue weighted by Gasteiger charge is -2.32. The van der Waals surface area contributed by atoms with Crippen molar-refractivity contribution in [3.63, 3.8) is 0 Å². The number of hydrogen-bond donors (Lipinski definition) is 0. The molecule has 0 spiro atoms. The highest BCUT2D eigenvalue weighted by Gasteiger charge is 2.23. The zero-order valence-corrected chi connectivity index (χ0v) is 12.5. The molecule has 19 heavy (non-hydrogen) atoms. The van der Waals surface area contributed by atoms with Crippen LogP contribution >= 0.6 is 11.6 Å². The van der Waals surface area contributed by atoms with E-state index in [1.54, 1.807) is 0 Å². The van der Waals surface area contributed by atoms with E-state index in [0.717, 1.165) is 31.0 Å². The molecule has 1 heterocycles. The van der Waals surface area contributed by atoms with Crippen molar-refractivity contribution in [2.45, 2.75) is 39.0 Å². The van der Waals surface area contributed by atoms with Gasteiger partial charge in [-0.05, 0) is 42.4 Å². The molecule has 0 unspecified atom stereocenters. The Balaban J connectivity index is 1.88. The van der Waals surface area contributed by atoms with Crippen molar-refractivity contribution in [1.29, 1.82) is 0 Å². The maximum Gasteiger partial charge on any atom is 0.222 e. The standard InChI is InChI=1S/C16H22ClNO/c1-12(2)11-16(19)18-9-7-14(8-10-18)13-3-5-15(17)6-4-13/h3-6,12,14H,7-11H2,1-2H3. The lowest BCUT2D eigenvalue weighted by Crippen LogP contribution is -2.38. The zero-order chi connectivity index (χ0) is 13.8. The van der Waals surface area contributed by atoms with E-state index >= 15 is 0 Å². The molecule has 0 saturated carbocycles. The first-order chi connectivity index (χ1) is 9.06. The molecule has 3 heteroatoms. The number of hydrogen-bond acceptors (Lipinski definition) is 1. The van der Waals surface area contributed by atoms with E-state index in [0.29, 0.717) is 24.2 Å². The summed E-state index contributed by atoms with van der Waals surface area (Å²) in [6.45, 7) is 5.97. The van der Waals surface area contributed by atoms with Gasteiger partial charge in [0.2, 0.25) is 5.91 Å². The number of likely N-dealkylation sites (tertiary alicyclic amines) is 1. The first-order valence-electron chi connectivity index (χ1n) is 7.09. The highest BCUT2D eigenvalue weighted by molar-refractivity contribution is 6.30. The van der Waals surface area contributed by atoms with Gasteiger partial charge in [-0.1, -0.05) is 37.6 Å². The van der Waals surface area contributed by atoms with Crippen molar-refractivity contribution >= 4 is 17.5 Å². The van der Waals surface area contributed by atoms with Crippen LogP contribution in [0.1, 0.15) is 44.6 Å². The Morgan fingerprint density at radius 3 is 2.37 bits per heavy atom. The summed E-state index contributed by atoms with van der Waals surface area (Å²) >= 11 is 5.91. The summed E-state index contributed by atoms with van der Waals surface area (Å²) in [6, 6.07) is 8.12. The highest BCUT2D eigenvalue weighted by atomic mass is 35.5. The van der Waals surface area contributed by atoms with Crippen LogP contribution in [0.25, 0.3) is 0 Å². The van der Waals surface area contributed by atoms with E-state index in [9.17, 15) is 4.79 Å². The molecule has 0 bridgehead atoms. The largest absolute Gasteiger partial charge is 0.343 e. The Kier molecular flexibility index (Phi) is 4.87. The molecule has 1 amide bonds. The molecule has 1 aliphatic rings. The fourth-order valence-electron chi connectivity index (χ4n) is 2.68. The quantitative estimate of drug-likeness (QED) is 0.816. The molecule has 1 aliphatic heterocycles. The van der Waals surface area contributed by atoms with Crippen LogP contribution in [0.15, 0.2) is 24.3 Å². The SMILES string of the molecule is CC(C)CC(=O)N1CCC(c2ccc(Cl)cc2)CC1. The molecular formula is C16H22ClNO. The van der Waals surface area contributed by atoms with Crippen molar-refractivity contribution in [2.24, 2.45) is 5.92 Å². The molecule has 1 fully saturated rings. The number of amides is 1. The molecule has 1 saturated heterocycles. The molecule has 1 aromatic carbocycles. The molecule has 2 rings (SSSR count). The number of carbonyl (C=O) groups excluding carboxylic acids is 1. The molecule has 0 atom stereocenters. The van der Waals surface area contributed by atoms with Crippen molar-refractivity contribution < 1.29 is 4.79 Å². The normalized spacial score (nSPS) is 16.9. The van der Waals surface area contributed by atoms with Gasteiger partial charge in [0.1, 0.15) is 0 Å². The van der Waals surface area contributed by atoms with Gasteiger partial charge in [-0.15, -0.1) is 0 Å². The summed E-state index contributed by atoms with van der Waals surface area (Å²) in [4.78, 5) is 14.0. The number of piperidine rings is 1. The minimum atomic E-state index is 0.310. The second-order valence-corrected chi connectivity index (χ2v) is 6.24. The van der Waals surface area contributed by atoms with Crippen molar-refractivity contribution in [3.05, 3.63) is 34.9 Å². The average molecular weight is 280 g/mol. The predicted octanol–water partition coefficient (Wildman–Crippen LogP) is 4.09. The highest BCUT2D eigenvalue weighted by Crippen LogP contribution is 2.29. The van der Waals surface area contributed by atoms with Crippen LogP contribution in [-0.2, 0) is 4.79 Å². The van der Waals surface area contributed by atoms with Gasteiger partial charge in [-0.2, -0.15) is 0 Å². The maximum absolute atomic E-state index is 12.0. The number of nitrogens with zero attached hydrogens (tertiary/aromatic N) is 1. The molecule has 0 aromatic heterocycles. The molecular weight excluding hydrogens is 258 g/mol. The number of benzene rings is 1. The molecule has 0 N–H and O–H groups in total. The Morgan fingerprint density at radius 2 is 1.84 bits per heavy atom. The van der Waals surface area contributed by atoms with Gasteiger partial charge < -0.3 is 4.90 Å². The van der Waals surface area contributed by atoms with Gasteiger partial charge in [-0.3, -0.25) is 4.79 Å². The summed E-state index contributed by atoms with van der Waals surface area (Å²) in [6.07, 6.45) is 2.79. The van der Waals surface area contributed by atoms with Gasteiger partial charge in [0, 0.05) is 24.5 Å². The maximum atomic E-state index is 12.0. The van der Waals surface area contributed by atoms with E-state index in [4.69, 9.17) is 11.6 Å². The second kappa shape index (κ2) is 6.42. The smallest absolute Gasteiger partial charge is 0.222 e. The van der Waals surface area contributed by atoms with Crippen molar-refractivity contribution in [2.75, 3.05) is 13.1 Å². The first kappa shape index (κ1) is 14.4. The Labute approximate surface area is 120 Å². The molecule has 2 nitrogen and oxygen atoms in total. The van der Waals surface area contributed by atoms with Crippen LogP contribution in [0.3, 0.4) is 0 Å². The van der Waals surface area contributed by atoms with Crippen LogP contribution in [0.2, 0.25) is 5.02 Å². The van der Waals surface area contributed by atoms with Gasteiger partial charge in [-0.25, -0.2) is 0 Å². The first-order valence-corrected chi connectivity index (χ1v) is 7.47. The van der Waals surface area contributed by atoms with Crippen molar-refractivity contribution in [3.8, 4) is 0 Å². The Morgan fingerprint density at radius 1 is 1.26 bits per heavy atom. The predicted molar refractivity (Wildman–Crippen MR) is 79.5 cm³/mol. The van der Waals surface area contributed by atoms with Gasteiger partial charge in [0.15, 0.2) is 0 Å². The van der Waals surface area contributed by atoms with Crippen LogP contribution in [0, 0.1) is 5.92 Å². The van der Waals surface area contributed by atoms with Gasteiger partial charge in [0.05, 0.1) is 0 Å². The van der Waals surface area contributed by atoms with Crippen LogP contribution in [0.4, 0.5) is 0 Å². The summed E-state index contributed by atoms with van der Waals surface area (Å²) in [7, 11) is 0. The van der Waals surface area contributed by atoms with Gasteiger partial charge >= 0.3 is 0 Å². The van der Waals surface area contributed by atoms with E-state index in [1.807, 2.05) is 17.0 Å². The average Bonchev–Trinajstić information content (AvgIpc) is 2.39. The fourth-order valence-corrected chi connectivity index (χ4v) is 2.80. The number of carbonyl (C=O) groups is 1. The summed E-state index contributed by atoms with van der Waals surface area (Å²) in [5.74, 6) is 1.33. The third kappa shape index (κ3) is 3.97. The lowest BCUT2D eigenvalue weighted by molar-refractivity contribution is -0.133. The van der Waals surface area contributed by atoms with E-state index in [2.05, 4.69) is 26.0 Å². The topological polar surface area (TPSA) is 20.3 Å². The molecule has 1 aromatic rings. The van der Waals surface area contributed by atoms with Crippen LogP contribution < -0.4 is 0 Å². The summed E-state index contributed by atoms with van der Waals surface area (Å²) in [5, 5.41) is 0.785. The van der Waals surface area contributed by atoms with Crippen LogP contribution in [0.5, 0.6) is 0 Å². The second-order valence-electron chi connectivity index (χ2n) is 5.80. The Bertz CT molecular complexity index is 419. The molecule has 104 valence electrons. The fraction of sp³-hybridized carbons (Fsp3) is 0.562. The summed E-state index contributed by atoms with van der Waals surface area (Å²) in [5.41, 5.74) is 1.35. The number of rotatable bonds is 3. The monoisotopic (exact) mass is 279 g/mol. The molecule has 0 radical (unpaired) electrons. The molecule has 0 aliphatic carbocycles.